The Morgan fingerprint density at radius 3 is 2.79 bits per heavy atom. The highest BCUT2D eigenvalue weighted by atomic mass is 35.5. The largest absolute Gasteiger partial charge is 0.438 e. The van der Waals surface area contributed by atoms with Crippen LogP contribution in [0.1, 0.15) is 23.8 Å². The molecular formula is C8H8ClN3O2. The number of aromatic nitrogens is 3. The summed E-state index contributed by atoms with van der Waals surface area (Å²) in [5.74, 6) is 1.24. The van der Waals surface area contributed by atoms with Gasteiger partial charge in [-0.3, -0.25) is 0 Å². The summed E-state index contributed by atoms with van der Waals surface area (Å²) >= 11 is 5.79. The lowest BCUT2D eigenvalue weighted by Gasteiger charge is -1.89. The van der Waals surface area contributed by atoms with Crippen molar-refractivity contribution < 1.29 is 8.94 Å². The minimum Gasteiger partial charge on any atom is -0.438 e. The van der Waals surface area contributed by atoms with Crippen molar-refractivity contribution in [2.75, 3.05) is 0 Å². The highest BCUT2D eigenvalue weighted by molar-refractivity contribution is 6.20. The zero-order valence-electron chi connectivity index (χ0n) is 7.69. The molecule has 0 aliphatic rings. The Morgan fingerprint density at radius 2 is 2.29 bits per heavy atom. The summed E-state index contributed by atoms with van der Waals surface area (Å²) in [5, 5.41) is 3.43. The molecule has 0 saturated carbocycles. The van der Waals surface area contributed by atoms with E-state index >= 15 is 0 Å². The van der Waals surface area contributed by atoms with Gasteiger partial charge in [0.2, 0.25) is 5.76 Å². The molecule has 0 radical (unpaired) electrons. The molecule has 0 N–H and O–H groups in total. The first-order valence-electron chi connectivity index (χ1n) is 4.06. The van der Waals surface area contributed by atoms with Crippen molar-refractivity contribution in [3.8, 4) is 11.7 Å². The van der Waals surface area contributed by atoms with Crippen molar-refractivity contribution in [3.05, 3.63) is 17.9 Å². The lowest BCUT2D eigenvalue weighted by molar-refractivity contribution is 0.408. The van der Waals surface area contributed by atoms with Crippen molar-refractivity contribution in [2.24, 2.45) is 0 Å². The fourth-order valence-corrected chi connectivity index (χ4v) is 1.08. The summed E-state index contributed by atoms with van der Waals surface area (Å²) < 4.78 is 10.1. The van der Waals surface area contributed by atoms with Crippen LogP contribution in [-0.4, -0.2) is 15.1 Å². The SMILES string of the molecule is Cc1ncoc1-c1nc(C(C)Cl)no1. The molecule has 0 aliphatic carbocycles. The van der Waals surface area contributed by atoms with Gasteiger partial charge in [0.25, 0.3) is 5.89 Å². The normalized spacial score (nSPS) is 13.1. The molecule has 14 heavy (non-hydrogen) atoms. The topological polar surface area (TPSA) is 65.0 Å². The third kappa shape index (κ3) is 1.50. The Morgan fingerprint density at radius 1 is 1.50 bits per heavy atom. The van der Waals surface area contributed by atoms with Crippen LogP contribution >= 0.6 is 11.6 Å². The monoisotopic (exact) mass is 213 g/mol. The number of hydrogen-bond acceptors (Lipinski definition) is 5. The van der Waals surface area contributed by atoms with Crippen LogP contribution in [0.5, 0.6) is 0 Å². The summed E-state index contributed by atoms with van der Waals surface area (Å²) in [5.41, 5.74) is 0.711. The third-order valence-electron chi connectivity index (χ3n) is 1.74. The van der Waals surface area contributed by atoms with Crippen LogP contribution < -0.4 is 0 Å². The van der Waals surface area contributed by atoms with Crippen molar-refractivity contribution in [3.63, 3.8) is 0 Å². The van der Waals surface area contributed by atoms with E-state index in [1.807, 2.05) is 0 Å². The average molecular weight is 214 g/mol. The first kappa shape index (κ1) is 9.21. The molecule has 6 heteroatoms. The van der Waals surface area contributed by atoms with Crippen LogP contribution in [0.25, 0.3) is 11.7 Å². The van der Waals surface area contributed by atoms with Gasteiger partial charge in [-0.1, -0.05) is 5.16 Å². The van der Waals surface area contributed by atoms with E-state index in [9.17, 15) is 0 Å². The van der Waals surface area contributed by atoms with Gasteiger partial charge >= 0.3 is 0 Å². The zero-order valence-corrected chi connectivity index (χ0v) is 8.45. The molecule has 0 aliphatic heterocycles. The van der Waals surface area contributed by atoms with Gasteiger partial charge in [0.15, 0.2) is 12.2 Å². The van der Waals surface area contributed by atoms with E-state index in [4.69, 9.17) is 20.5 Å². The standard InChI is InChI=1S/C8H8ClN3O2/c1-4(9)7-11-8(14-12-7)6-5(2)10-3-13-6/h3-4H,1-2H3. The maximum Gasteiger partial charge on any atom is 0.295 e. The first-order valence-corrected chi connectivity index (χ1v) is 4.50. The maximum atomic E-state index is 5.79. The van der Waals surface area contributed by atoms with Gasteiger partial charge in [-0.15, -0.1) is 11.6 Å². The average Bonchev–Trinajstić information content (AvgIpc) is 2.71. The van der Waals surface area contributed by atoms with E-state index in [1.165, 1.54) is 6.39 Å². The van der Waals surface area contributed by atoms with Gasteiger partial charge in [0.1, 0.15) is 0 Å². The number of hydrogen-bond donors (Lipinski definition) is 0. The smallest absolute Gasteiger partial charge is 0.295 e. The predicted octanol–water partition coefficient (Wildman–Crippen LogP) is 2.33. The second kappa shape index (κ2) is 3.42. The molecular weight excluding hydrogens is 206 g/mol. The van der Waals surface area contributed by atoms with Crippen LogP contribution in [0.4, 0.5) is 0 Å². The summed E-state index contributed by atoms with van der Waals surface area (Å²) in [6, 6.07) is 0. The van der Waals surface area contributed by atoms with Crippen molar-refractivity contribution in [1.29, 1.82) is 0 Å². The lowest BCUT2D eigenvalue weighted by Crippen LogP contribution is -1.86. The van der Waals surface area contributed by atoms with Gasteiger partial charge in [0, 0.05) is 0 Å². The van der Waals surface area contributed by atoms with Crippen LogP contribution in [0.3, 0.4) is 0 Å². The van der Waals surface area contributed by atoms with Gasteiger partial charge in [-0.25, -0.2) is 4.98 Å². The van der Waals surface area contributed by atoms with Crippen LogP contribution in [-0.2, 0) is 0 Å². The number of rotatable bonds is 2. The van der Waals surface area contributed by atoms with Crippen LogP contribution in [0.15, 0.2) is 15.3 Å². The molecule has 5 nitrogen and oxygen atoms in total. The van der Waals surface area contributed by atoms with Gasteiger partial charge < -0.3 is 8.94 Å². The Hall–Kier alpha value is -1.36. The Balaban J connectivity index is 2.39. The van der Waals surface area contributed by atoms with E-state index in [0.717, 1.165) is 0 Å². The van der Waals surface area contributed by atoms with E-state index in [1.54, 1.807) is 13.8 Å². The van der Waals surface area contributed by atoms with E-state index in [-0.39, 0.29) is 5.38 Å². The number of halogens is 1. The van der Waals surface area contributed by atoms with Crippen LogP contribution in [0, 0.1) is 6.92 Å². The second-order valence-corrected chi connectivity index (χ2v) is 3.50. The summed E-state index contributed by atoms with van der Waals surface area (Å²) in [6.45, 7) is 3.57. The van der Waals surface area contributed by atoms with E-state index in [2.05, 4.69) is 15.1 Å². The molecule has 2 rings (SSSR count). The molecule has 1 atom stereocenters. The van der Waals surface area contributed by atoms with Crippen molar-refractivity contribution >= 4 is 11.6 Å². The number of nitrogens with zero attached hydrogens (tertiary/aromatic N) is 3. The van der Waals surface area contributed by atoms with Crippen molar-refractivity contribution in [2.45, 2.75) is 19.2 Å². The molecule has 2 aromatic rings. The minimum absolute atomic E-state index is 0.282. The van der Waals surface area contributed by atoms with Gasteiger partial charge in [-0.2, -0.15) is 4.98 Å². The molecule has 2 aromatic heterocycles. The van der Waals surface area contributed by atoms with Gasteiger partial charge in [-0.05, 0) is 13.8 Å². The number of alkyl halides is 1. The maximum absolute atomic E-state index is 5.79. The molecule has 0 bridgehead atoms. The lowest BCUT2D eigenvalue weighted by atomic mass is 10.4. The van der Waals surface area contributed by atoms with E-state index in [0.29, 0.717) is 23.2 Å². The second-order valence-electron chi connectivity index (χ2n) is 2.84. The molecule has 0 fully saturated rings. The summed E-state index contributed by atoms with van der Waals surface area (Å²) in [4.78, 5) is 7.99. The Labute approximate surface area is 85.1 Å². The summed E-state index contributed by atoms with van der Waals surface area (Å²) in [6.07, 6.45) is 1.33. The molecule has 0 amide bonds. The molecule has 1 unspecified atom stereocenters. The Bertz CT molecular complexity index is 435. The van der Waals surface area contributed by atoms with Crippen molar-refractivity contribution in [1.82, 2.24) is 15.1 Å². The molecule has 0 saturated heterocycles. The highest BCUT2D eigenvalue weighted by Crippen LogP contribution is 2.23. The highest BCUT2D eigenvalue weighted by Gasteiger charge is 2.17. The minimum atomic E-state index is -0.282. The quantitative estimate of drug-likeness (QED) is 0.717. The molecule has 0 aromatic carbocycles. The molecule has 2 heterocycles. The first-order chi connectivity index (χ1) is 6.68. The predicted molar refractivity (Wildman–Crippen MR) is 48.8 cm³/mol. The number of oxazole rings is 1. The fraction of sp³-hybridized carbons (Fsp3) is 0.375. The molecule has 0 spiro atoms. The van der Waals surface area contributed by atoms with Gasteiger partial charge in [0.05, 0.1) is 11.1 Å². The third-order valence-corrected chi connectivity index (χ3v) is 1.93. The molecule has 74 valence electrons. The fourth-order valence-electron chi connectivity index (χ4n) is 0.996. The zero-order chi connectivity index (χ0) is 10.1. The Kier molecular flexibility index (Phi) is 2.25. The van der Waals surface area contributed by atoms with E-state index < -0.39 is 0 Å². The number of aryl methyl sites for hydroxylation is 1. The van der Waals surface area contributed by atoms with Crippen LogP contribution in [0.2, 0.25) is 0 Å². The summed E-state index contributed by atoms with van der Waals surface area (Å²) in [7, 11) is 0.